The van der Waals surface area contributed by atoms with Gasteiger partial charge in [-0.1, -0.05) is 63.8 Å². The number of hydrogen-bond acceptors (Lipinski definition) is 5. The van der Waals surface area contributed by atoms with Crippen LogP contribution in [0.2, 0.25) is 18.1 Å². The Kier molecular flexibility index (Phi) is 12.9. The van der Waals surface area contributed by atoms with Gasteiger partial charge in [-0.3, -0.25) is 9.59 Å². The smallest absolute Gasteiger partial charge is 0.308 e. The molecule has 0 fully saturated rings. The lowest BCUT2D eigenvalue weighted by Gasteiger charge is -2.38. The van der Waals surface area contributed by atoms with Crippen molar-refractivity contribution in [3.8, 4) is 17.2 Å². The van der Waals surface area contributed by atoms with E-state index in [1.165, 1.54) is 25.0 Å². The molecular formula is C31H50O5Si. The van der Waals surface area contributed by atoms with Crippen molar-refractivity contribution in [1.82, 2.24) is 0 Å². The molecule has 6 heteroatoms. The average molecular weight is 531 g/mol. The lowest BCUT2D eigenvalue weighted by Crippen LogP contribution is -2.44. The van der Waals surface area contributed by atoms with Crippen molar-refractivity contribution in [2.75, 3.05) is 0 Å². The molecule has 0 atom stereocenters. The fraction of sp³-hybridized carbons (Fsp3) is 0.613. The molecule has 0 saturated heterocycles. The number of esters is 2. The molecule has 0 radical (unpaired) electrons. The number of ether oxygens (including phenoxy) is 2. The van der Waals surface area contributed by atoms with Gasteiger partial charge < -0.3 is 13.9 Å². The molecule has 208 valence electrons. The highest BCUT2D eigenvalue weighted by Crippen LogP contribution is 2.47. The standard InChI is InChI=1S/C31H50O5Si/c1-12-13-14-18-26-21-28(34-24(5)32)27(20-19-23(4)17-15-16-22(2)3)30(29(26)35-25(6)33)36-37(10,11)31(7,8)9/h16,19,21H,12-15,17-18,20H2,1-11H3/b23-19+. The Balaban J connectivity index is 3.81. The van der Waals surface area contributed by atoms with Gasteiger partial charge in [0.05, 0.1) is 0 Å². The normalized spacial score (nSPS) is 12.2. The second-order valence-corrected chi connectivity index (χ2v) is 16.5. The van der Waals surface area contributed by atoms with E-state index in [0.29, 0.717) is 30.1 Å². The molecule has 0 aliphatic carbocycles. The Morgan fingerprint density at radius 2 is 1.54 bits per heavy atom. The van der Waals surface area contributed by atoms with E-state index in [4.69, 9.17) is 13.9 Å². The molecule has 0 bridgehead atoms. The summed E-state index contributed by atoms with van der Waals surface area (Å²) in [5.41, 5.74) is 4.13. The Morgan fingerprint density at radius 1 is 0.919 bits per heavy atom. The van der Waals surface area contributed by atoms with Crippen LogP contribution in [0.25, 0.3) is 0 Å². The minimum absolute atomic E-state index is 0.0757. The van der Waals surface area contributed by atoms with Crippen LogP contribution in [0, 0.1) is 0 Å². The Labute approximate surface area is 226 Å². The lowest BCUT2D eigenvalue weighted by atomic mass is 9.99. The summed E-state index contributed by atoms with van der Waals surface area (Å²) >= 11 is 0. The lowest BCUT2D eigenvalue weighted by molar-refractivity contribution is -0.133. The third-order valence-corrected chi connectivity index (χ3v) is 11.2. The Bertz CT molecular complexity index is 992. The number of carbonyl (C=O) groups is 2. The Hall–Kier alpha value is -2.34. The maximum Gasteiger partial charge on any atom is 0.308 e. The number of benzene rings is 1. The zero-order valence-corrected chi connectivity index (χ0v) is 26.2. The largest absolute Gasteiger partial charge is 0.541 e. The predicted molar refractivity (Wildman–Crippen MR) is 156 cm³/mol. The first-order chi connectivity index (χ1) is 17.1. The summed E-state index contributed by atoms with van der Waals surface area (Å²) < 4.78 is 18.5. The third kappa shape index (κ3) is 10.9. The van der Waals surface area contributed by atoms with Crippen LogP contribution in [0.3, 0.4) is 0 Å². The van der Waals surface area contributed by atoms with Crippen LogP contribution in [0.1, 0.15) is 106 Å². The first-order valence-corrected chi connectivity index (χ1v) is 16.5. The molecular weight excluding hydrogens is 480 g/mol. The van der Waals surface area contributed by atoms with Gasteiger partial charge >= 0.3 is 11.9 Å². The van der Waals surface area contributed by atoms with Crippen LogP contribution >= 0.6 is 0 Å². The van der Waals surface area contributed by atoms with Crippen molar-refractivity contribution in [3.63, 3.8) is 0 Å². The van der Waals surface area contributed by atoms with Crippen LogP contribution in [0.4, 0.5) is 0 Å². The highest BCUT2D eigenvalue weighted by molar-refractivity contribution is 6.74. The second-order valence-electron chi connectivity index (χ2n) is 11.8. The molecule has 37 heavy (non-hydrogen) atoms. The van der Waals surface area contributed by atoms with Gasteiger partial charge in [-0.15, -0.1) is 0 Å². The van der Waals surface area contributed by atoms with Crippen LogP contribution in [0.15, 0.2) is 29.4 Å². The maximum atomic E-state index is 12.3. The van der Waals surface area contributed by atoms with Crippen molar-refractivity contribution in [3.05, 3.63) is 40.5 Å². The summed E-state index contributed by atoms with van der Waals surface area (Å²) in [6.07, 6.45) is 10.6. The van der Waals surface area contributed by atoms with Gasteiger partial charge in [-0.25, -0.2) is 0 Å². The van der Waals surface area contributed by atoms with Gasteiger partial charge in [0.2, 0.25) is 0 Å². The zero-order chi connectivity index (χ0) is 28.4. The topological polar surface area (TPSA) is 61.8 Å². The summed E-state index contributed by atoms with van der Waals surface area (Å²) in [5.74, 6) is 0.715. The third-order valence-electron chi connectivity index (χ3n) is 6.83. The molecule has 0 spiro atoms. The second kappa shape index (κ2) is 14.6. The molecule has 0 amide bonds. The highest BCUT2D eigenvalue weighted by Gasteiger charge is 2.41. The summed E-state index contributed by atoms with van der Waals surface area (Å²) in [5, 5.41) is -0.0757. The molecule has 1 aromatic rings. The molecule has 5 nitrogen and oxygen atoms in total. The monoisotopic (exact) mass is 530 g/mol. The molecule has 0 aliphatic heterocycles. The molecule has 1 rings (SSSR count). The first kappa shape index (κ1) is 32.7. The molecule has 0 aliphatic rings. The first-order valence-electron chi connectivity index (χ1n) is 13.6. The van der Waals surface area contributed by atoms with E-state index in [2.05, 4.69) is 73.7 Å². The van der Waals surface area contributed by atoms with Crippen molar-refractivity contribution in [2.24, 2.45) is 0 Å². The predicted octanol–water partition coefficient (Wildman–Crippen LogP) is 8.89. The molecule has 0 N–H and O–H groups in total. The van der Waals surface area contributed by atoms with Crippen LogP contribution in [-0.4, -0.2) is 20.3 Å². The highest BCUT2D eigenvalue weighted by atomic mass is 28.4. The van der Waals surface area contributed by atoms with E-state index in [0.717, 1.165) is 43.2 Å². The SMILES string of the molecule is CCCCCc1cc(OC(C)=O)c(C/C=C(\C)CCC=C(C)C)c(O[Si](C)(C)C(C)(C)C)c1OC(C)=O. The summed E-state index contributed by atoms with van der Waals surface area (Å²) in [6, 6.07) is 1.87. The minimum atomic E-state index is -2.33. The number of rotatable bonds is 13. The Morgan fingerprint density at radius 3 is 2.05 bits per heavy atom. The summed E-state index contributed by atoms with van der Waals surface area (Å²) in [7, 11) is -2.33. The van der Waals surface area contributed by atoms with Gasteiger partial charge in [0.1, 0.15) is 5.75 Å². The van der Waals surface area contributed by atoms with E-state index < -0.39 is 14.3 Å². The van der Waals surface area contributed by atoms with Crippen LogP contribution < -0.4 is 13.9 Å². The van der Waals surface area contributed by atoms with E-state index >= 15 is 0 Å². The van der Waals surface area contributed by atoms with E-state index in [1.807, 2.05) is 6.07 Å². The van der Waals surface area contributed by atoms with Gasteiger partial charge in [0, 0.05) is 25.0 Å². The summed E-state index contributed by atoms with van der Waals surface area (Å²) in [6.45, 7) is 22.2. The molecule has 0 unspecified atom stereocenters. The van der Waals surface area contributed by atoms with Gasteiger partial charge in [0.25, 0.3) is 8.32 Å². The van der Waals surface area contributed by atoms with Gasteiger partial charge in [-0.2, -0.15) is 0 Å². The van der Waals surface area contributed by atoms with Crippen LogP contribution in [-0.2, 0) is 22.4 Å². The number of aryl methyl sites for hydroxylation is 1. The quantitative estimate of drug-likeness (QED) is 0.0837. The molecule has 0 aromatic heterocycles. The van der Waals surface area contributed by atoms with Crippen molar-refractivity contribution in [1.29, 1.82) is 0 Å². The van der Waals surface area contributed by atoms with E-state index in [1.54, 1.807) is 0 Å². The average Bonchev–Trinajstić information content (AvgIpc) is 2.73. The number of unbranched alkanes of at least 4 members (excludes halogenated alkanes) is 2. The van der Waals surface area contributed by atoms with Gasteiger partial charge in [0.15, 0.2) is 11.5 Å². The van der Waals surface area contributed by atoms with Crippen molar-refractivity contribution in [2.45, 2.75) is 125 Å². The number of carbonyl (C=O) groups excluding carboxylic acids is 2. The molecule has 1 aromatic carbocycles. The zero-order valence-electron chi connectivity index (χ0n) is 25.2. The van der Waals surface area contributed by atoms with E-state index in [9.17, 15) is 9.59 Å². The molecule has 0 saturated carbocycles. The van der Waals surface area contributed by atoms with Gasteiger partial charge in [-0.05, 0) is 77.1 Å². The fourth-order valence-corrected chi connectivity index (χ4v) is 4.67. The van der Waals surface area contributed by atoms with Crippen molar-refractivity contribution >= 4 is 20.3 Å². The minimum Gasteiger partial charge on any atom is -0.541 e. The van der Waals surface area contributed by atoms with E-state index in [-0.39, 0.29) is 11.0 Å². The van der Waals surface area contributed by atoms with Crippen LogP contribution in [0.5, 0.6) is 17.2 Å². The van der Waals surface area contributed by atoms with Crippen molar-refractivity contribution < 1.29 is 23.5 Å². The summed E-state index contributed by atoms with van der Waals surface area (Å²) in [4.78, 5) is 24.4. The number of allylic oxidation sites excluding steroid dienone is 4. The maximum absolute atomic E-state index is 12.3. The number of hydrogen-bond donors (Lipinski definition) is 0. The fourth-order valence-electron chi connectivity index (χ4n) is 3.63. The molecule has 0 heterocycles.